The van der Waals surface area contributed by atoms with Crippen LogP contribution in [0.5, 0.6) is 0 Å². The maximum atomic E-state index is 13.0. The second kappa shape index (κ2) is 37.2. The number of aryl methyl sites for hydroxylation is 4. The lowest BCUT2D eigenvalue weighted by Crippen LogP contribution is -2.40. The third-order valence-corrected chi connectivity index (χ3v) is 29.3. The topological polar surface area (TPSA) is 166 Å². The number of ether oxygens (including phenoxy) is 6. The van der Waals surface area contributed by atoms with E-state index in [1.807, 2.05) is 91.0 Å². The van der Waals surface area contributed by atoms with Gasteiger partial charge in [0.05, 0.1) is 48.2 Å². The molecule has 0 amide bonds. The molecule has 3 aromatic rings. The van der Waals surface area contributed by atoms with Crippen molar-refractivity contribution in [1.82, 2.24) is 0 Å². The highest BCUT2D eigenvalue weighted by Crippen LogP contribution is 2.39. The van der Waals surface area contributed by atoms with Crippen LogP contribution in [-0.4, -0.2) is 129 Å². The standard InChI is InChI=1S/C33H56O6Si2.C33H56O5Si2.C7H6O2.2CH4/c1-24-22-25(2)29(31(35)36-20-21-40(8,9)10)26(23-24)16-15-18-28-30(39-33(6,7)38-28)27(34)17-13-14-19-37-41(11,12)32(3,4)5;1-25-23-26(2)30(31(34)35-21-22-39(8,9)10)27(24-25)17-16-19-29-28(37-33(6,7)38-29)18-14-13-15-20-36-40(11,12)32(3,4)5;8-7(9)6-4-2-1-3-5-6;;/h13,15-17,22-23,27-28,30,34H,14,18-21H2,1-12H3;13-14,16-17,23-24,28-29H,15,18-22H2,1-12H3;1-5H,(H,8,9);2*1H4/b16-15+,17-13-;14-13-,17-16+;;;/t27?,28-,30?;28?,29-;;;/m00.../s1. The number of hydrogen-bond acceptors (Lipinski definition) is 12. The van der Waals surface area contributed by atoms with E-state index in [-0.39, 0.29) is 55.2 Å². The molecule has 5 atom stereocenters. The Morgan fingerprint density at radius 1 is 0.543 bits per heavy atom. The van der Waals surface area contributed by atoms with Crippen LogP contribution in [0.25, 0.3) is 12.2 Å². The summed E-state index contributed by atoms with van der Waals surface area (Å²) >= 11 is 0. The average Bonchev–Trinajstić information content (AvgIpc) is 1.43. The summed E-state index contributed by atoms with van der Waals surface area (Å²) in [5.74, 6) is -2.81. The second-order valence-electron chi connectivity index (χ2n) is 30.7. The molecule has 3 unspecified atom stereocenters. The highest BCUT2D eigenvalue weighted by atomic mass is 28.4. The molecule has 0 bridgehead atoms. The minimum absolute atomic E-state index is 0. The predicted octanol–water partition coefficient (Wildman–Crippen LogP) is 19.8. The SMILES string of the molecule is C.C.Cc1cc(C)c(C(=O)OCC[Si](C)(C)C)c(/C=C/C[C@@H]2OC(C)(C)OC2C(O)/C=C\CCO[Si](C)(C)C(C)(C)C)c1.Cc1cc(C)c(C(=O)OCC[Si](C)(C)C)c(/C=C/C[C@@H]2OC(C)(C)OC2C/C=C\CCO[Si](C)(C)C(C)(C)C)c1.O=C(O)c1ccccc1. The molecule has 3 aromatic carbocycles. The maximum absolute atomic E-state index is 13.0. The number of aliphatic hydroxyl groups excluding tert-OH is 1. The van der Waals surface area contributed by atoms with Crippen LogP contribution in [0.2, 0.25) is 87.6 Å². The third-order valence-electron chi connectivity index (χ3n) is 16.8. The van der Waals surface area contributed by atoms with Gasteiger partial charge in [0, 0.05) is 29.4 Å². The minimum atomic E-state index is -1.79. The van der Waals surface area contributed by atoms with Crippen LogP contribution in [-0.2, 0) is 37.3 Å². The zero-order valence-electron chi connectivity index (χ0n) is 59.9. The van der Waals surface area contributed by atoms with E-state index in [9.17, 15) is 19.5 Å². The highest BCUT2D eigenvalue weighted by molar-refractivity contribution is 6.76. The van der Waals surface area contributed by atoms with E-state index in [2.05, 4.69) is 138 Å². The molecule has 17 heteroatoms. The molecule has 5 rings (SSSR count). The van der Waals surface area contributed by atoms with Crippen molar-refractivity contribution in [3.05, 3.63) is 141 Å². The van der Waals surface area contributed by atoms with E-state index in [1.165, 1.54) is 0 Å². The first-order valence-electron chi connectivity index (χ1n) is 32.5. The molecule has 2 N–H and O–H groups in total. The molecule has 2 heterocycles. The van der Waals surface area contributed by atoms with Gasteiger partial charge in [0.1, 0.15) is 12.2 Å². The van der Waals surface area contributed by atoms with Crippen molar-refractivity contribution in [3.63, 3.8) is 0 Å². The van der Waals surface area contributed by atoms with Crippen LogP contribution < -0.4 is 0 Å². The van der Waals surface area contributed by atoms with Gasteiger partial charge in [-0.15, -0.1) is 0 Å². The Kier molecular flexibility index (Phi) is 34.6. The van der Waals surface area contributed by atoms with Gasteiger partial charge in [-0.3, -0.25) is 0 Å². The summed E-state index contributed by atoms with van der Waals surface area (Å²) in [5.41, 5.74) is 7.37. The summed E-state index contributed by atoms with van der Waals surface area (Å²) in [6.07, 6.45) is 18.2. The van der Waals surface area contributed by atoms with Crippen molar-refractivity contribution in [2.45, 2.75) is 274 Å². The predicted molar refractivity (Wildman–Crippen MR) is 395 cm³/mol. The first kappa shape index (κ1) is 85.6. The lowest BCUT2D eigenvalue weighted by molar-refractivity contribution is -0.152. The third kappa shape index (κ3) is 30.1. The second-order valence-corrected chi connectivity index (χ2v) is 51.6. The molecule has 13 nitrogen and oxygen atoms in total. The number of carboxylic acids is 1. The molecule has 2 aliphatic heterocycles. The highest BCUT2D eigenvalue weighted by Gasteiger charge is 2.44. The van der Waals surface area contributed by atoms with Crippen molar-refractivity contribution in [1.29, 1.82) is 0 Å². The van der Waals surface area contributed by atoms with Crippen molar-refractivity contribution in [3.8, 4) is 0 Å². The molecule has 0 aliphatic carbocycles. The van der Waals surface area contributed by atoms with Crippen LogP contribution in [0.4, 0.5) is 0 Å². The number of aromatic carboxylic acids is 1. The van der Waals surface area contributed by atoms with Crippen LogP contribution in [0.15, 0.2) is 91.1 Å². The lowest BCUT2D eigenvalue weighted by atomic mass is 9.97. The number of carbonyl (C=O) groups is 3. The first-order valence-corrected chi connectivity index (χ1v) is 45.7. The van der Waals surface area contributed by atoms with E-state index in [0.717, 1.165) is 71.3 Å². The maximum Gasteiger partial charge on any atom is 0.338 e. The Morgan fingerprint density at radius 3 is 1.32 bits per heavy atom. The number of carbonyl (C=O) groups excluding carboxylic acids is 2. The number of esters is 2. The Balaban J connectivity index is 0.000000791. The molecule has 92 heavy (non-hydrogen) atoms. The van der Waals surface area contributed by atoms with Gasteiger partial charge in [-0.05, 0) is 170 Å². The van der Waals surface area contributed by atoms with Gasteiger partial charge < -0.3 is 47.5 Å². The minimum Gasteiger partial charge on any atom is -0.478 e. The van der Waals surface area contributed by atoms with Gasteiger partial charge in [-0.25, -0.2) is 14.4 Å². The van der Waals surface area contributed by atoms with Gasteiger partial charge >= 0.3 is 17.9 Å². The summed E-state index contributed by atoms with van der Waals surface area (Å²) in [6, 6.07) is 18.3. The molecule has 520 valence electrons. The Bertz CT molecular complexity index is 2880. The zero-order valence-corrected chi connectivity index (χ0v) is 63.9. The van der Waals surface area contributed by atoms with Gasteiger partial charge in [0.25, 0.3) is 0 Å². The summed E-state index contributed by atoms with van der Waals surface area (Å²) in [7, 11) is -6.07. The molecule has 2 saturated heterocycles. The van der Waals surface area contributed by atoms with Crippen molar-refractivity contribution < 1.29 is 61.9 Å². The molecular formula is C75H126O13Si4. The van der Waals surface area contributed by atoms with Crippen LogP contribution in [0.3, 0.4) is 0 Å². The van der Waals surface area contributed by atoms with E-state index in [4.69, 9.17) is 42.4 Å². The fourth-order valence-electron chi connectivity index (χ4n) is 9.64. The van der Waals surface area contributed by atoms with Crippen molar-refractivity contribution >= 4 is 62.8 Å². The van der Waals surface area contributed by atoms with E-state index >= 15 is 0 Å². The van der Waals surface area contributed by atoms with Crippen LogP contribution >= 0.6 is 0 Å². The summed E-state index contributed by atoms with van der Waals surface area (Å²) < 4.78 is 48.7. The summed E-state index contributed by atoms with van der Waals surface area (Å²) in [4.78, 5) is 36.3. The quantitative estimate of drug-likeness (QED) is 0.0321. The largest absolute Gasteiger partial charge is 0.478 e. The van der Waals surface area contributed by atoms with E-state index in [1.54, 1.807) is 36.4 Å². The van der Waals surface area contributed by atoms with E-state index < -0.39 is 62.5 Å². The van der Waals surface area contributed by atoms with Gasteiger partial charge in [-0.1, -0.05) is 198 Å². The van der Waals surface area contributed by atoms with E-state index in [0.29, 0.717) is 49.4 Å². The van der Waals surface area contributed by atoms with Crippen LogP contribution in [0.1, 0.15) is 181 Å². The monoisotopic (exact) mass is 1350 g/mol. The first-order chi connectivity index (χ1) is 41.3. The smallest absolute Gasteiger partial charge is 0.338 e. The number of benzene rings is 3. The Labute approximate surface area is 562 Å². The van der Waals surface area contributed by atoms with Gasteiger partial charge in [0.2, 0.25) is 0 Å². The molecule has 0 aromatic heterocycles. The number of rotatable bonds is 27. The number of carboxylic acid groups (broad SMARTS) is 1. The number of aliphatic hydroxyl groups is 1. The fourth-order valence-corrected chi connectivity index (χ4v) is 13.2. The molecular weight excluding hydrogens is 1220 g/mol. The lowest BCUT2D eigenvalue weighted by Gasteiger charge is -2.36. The van der Waals surface area contributed by atoms with Gasteiger partial charge in [0.15, 0.2) is 28.2 Å². The Morgan fingerprint density at radius 2 is 0.924 bits per heavy atom. The summed E-state index contributed by atoms with van der Waals surface area (Å²) in [5, 5.41) is 19.8. The zero-order chi connectivity index (χ0) is 68.3. The molecule has 0 spiro atoms. The van der Waals surface area contributed by atoms with Crippen molar-refractivity contribution in [2.24, 2.45) is 0 Å². The number of hydrogen-bond donors (Lipinski definition) is 2. The molecule has 0 saturated carbocycles. The molecule has 0 radical (unpaired) electrons. The normalized spacial score (nSPS) is 18.8. The molecule has 2 aliphatic rings. The van der Waals surface area contributed by atoms with Crippen molar-refractivity contribution in [2.75, 3.05) is 26.4 Å². The van der Waals surface area contributed by atoms with Crippen LogP contribution in [0, 0.1) is 27.7 Å². The average molecular weight is 1350 g/mol. The van der Waals surface area contributed by atoms with Gasteiger partial charge in [-0.2, -0.15) is 0 Å². The Hall–Kier alpha value is -4.38. The fraction of sp³-hybridized carbons (Fsp3) is 0.613. The molecule has 2 fully saturated rings. The summed E-state index contributed by atoms with van der Waals surface area (Å²) in [6.45, 7) is 54.2.